The Morgan fingerprint density at radius 2 is 2.28 bits per heavy atom. The van der Waals surface area contributed by atoms with Crippen LogP contribution in [0.2, 0.25) is 0 Å². The average molecular weight is 250 g/mol. The number of likely N-dealkylation sites (tertiary alicyclic amines) is 1. The van der Waals surface area contributed by atoms with E-state index in [0.717, 1.165) is 0 Å². The third kappa shape index (κ3) is 2.33. The minimum atomic E-state index is -0.519. The van der Waals surface area contributed by atoms with Gasteiger partial charge in [-0.1, -0.05) is 6.07 Å². The molecule has 0 spiro atoms. The van der Waals surface area contributed by atoms with E-state index in [2.05, 4.69) is 0 Å². The molecule has 2 rings (SSSR count). The molecule has 96 valence electrons. The molecule has 0 bridgehead atoms. The zero-order valence-corrected chi connectivity index (χ0v) is 10.00. The molecular formula is C12H14N2O4. The van der Waals surface area contributed by atoms with Crippen molar-refractivity contribution < 1.29 is 14.8 Å². The smallest absolute Gasteiger partial charge is 0.270 e. The number of hydrogen-bond acceptors (Lipinski definition) is 4. The highest BCUT2D eigenvalue weighted by molar-refractivity contribution is 5.96. The highest BCUT2D eigenvalue weighted by atomic mass is 16.6. The number of amides is 1. The van der Waals surface area contributed by atoms with Crippen LogP contribution in [0.25, 0.3) is 0 Å². The first-order valence-corrected chi connectivity index (χ1v) is 5.71. The molecule has 18 heavy (non-hydrogen) atoms. The van der Waals surface area contributed by atoms with E-state index in [1.165, 1.54) is 17.0 Å². The number of carbonyl (C=O) groups is 1. The summed E-state index contributed by atoms with van der Waals surface area (Å²) in [6.45, 7) is 2.52. The van der Waals surface area contributed by atoms with Crippen LogP contribution in [0, 0.1) is 17.0 Å². The van der Waals surface area contributed by atoms with Gasteiger partial charge in [0, 0.05) is 30.8 Å². The summed E-state index contributed by atoms with van der Waals surface area (Å²) in [5, 5.41) is 20.1. The zero-order chi connectivity index (χ0) is 13.3. The number of β-amino-alcohol motifs (C(OH)–C–C–N with tert-alkyl or cyclic N) is 1. The number of nitro groups is 1. The van der Waals surface area contributed by atoms with Gasteiger partial charge in [0.15, 0.2) is 0 Å². The molecule has 1 aromatic carbocycles. The number of carbonyl (C=O) groups excluding carboxylic acids is 1. The van der Waals surface area contributed by atoms with Crippen LogP contribution in [0.4, 0.5) is 5.69 Å². The molecule has 6 nitrogen and oxygen atoms in total. The summed E-state index contributed by atoms with van der Waals surface area (Å²) in [5.41, 5.74) is 0.939. The van der Waals surface area contributed by atoms with Crippen LogP contribution in [0.5, 0.6) is 0 Å². The first-order valence-electron chi connectivity index (χ1n) is 5.71. The van der Waals surface area contributed by atoms with Crippen LogP contribution in [0.1, 0.15) is 22.3 Å². The van der Waals surface area contributed by atoms with Gasteiger partial charge in [-0.2, -0.15) is 0 Å². The molecule has 1 fully saturated rings. The Morgan fingerprint density at radius 3 is 2.83 bits per heavy atom. The van der Waals surface area contributed by atoms with E-state index in [0.29, 0.717) is 30.6 Å². The van der Waals surface area contributed by atoms with E-state index in [1.54, 1.807) is 13.0 Å². The van der Waals surface area contributed by atoms with Crippen LogP contribution < -0.4 is 0 Å². The molecular weight excluding hydrogens is 236 g/mol. The minimum absolute atomic E-state index is 0.0938. The van der Waals surface area contributed by atoms with Crippen molar-refractivity contribution >= 4 is 11.6 Å². The summed E-state index contributed by atoms with van der Waals surface area (Å²) < 4.78 is 0. The van der Waals surface area contributed by atoms with Crippen molar-refractivity contribution in [2.45, 2.75) is 19.4 Å². The summed E-state index contributed by atoms with van der Waals surface area (Å²) in [7, 11) is 0. The Labute approximate surface area is 104 Å². The molecule has 1 amide bonds. The number of nitrogens with zero attached hydrogens (tertiary/aromatic N) is 2. The van der Waals surface area contributed by atoms with Crippen LogP contribution in [0.3, 0.4) is 0 Å². The van der Waals surface area contributed by atoms with Crippen molar-refractivity contribution in [2.24, 2.45) is 0 Å². The van der Waals surface area contributed by atoms with Gasteiger partial charge in [-0.15, -0.1) is 0 Å². The lowest BCUT2D eigenvalue weighted by Crippen LogP contribution is -2.30. The predicted molar refractivity (Wildman–Crippen MR) is 64.4 cm³/mol. The van der Waals surface area contributed by atoms with E-state index in [4.69, 9.17) is 0 Å². The van der Waals surface area contributed by atoms with Crippen molar-refractivity contribution in [3.05, 3.63) is 39.4 Å². The fourth-order valence-electron chi connectivity index (χ4n) is 2.05. The van der Waals surface area contributed by atoms with Crippen molar-refractivity contribution in [1.82, 2.24) is 4.90 Å². The molecule has 1 aromatic rings. The second kappa shape index (κ2) is 4.73. The molecule has 0 unspecified atom stereocenters. The van der Waals surface area contributed by atoms with Gasteiger partial charge < -0.3 is 10.0 Å². The Hall–Kier alpha value is -1.95. The molecule has 6 heteroatoms. The fraction of sp³-hybridized carbons (Fsp3) is 0.417. The number of nitro benzene ring substituents is 1. The summed E-state index contributed by atoms with van der Waals surface area (Å²) in [4.78, 5) is 23.9. The summed E-state index contributed by atoms with van der Waals surface area (Å²) >= 11 is 0. The summed E-state index contributed by atoms with van der Waals surface area (Å²) in [6, 6.07) is 4.24. The van der Waals surface area contributed by atoms with Crippen molar-refractivity contribution in [1.29, 1.82) is 0 Å². The maximum atomic E-state index is 12.2. The van der Waals surface area contributed by atoms with Gasteiger partial charge in [0.1, 0.15) is 0 Å². The molecule has 1 saturated heterocycles. The van der Waals surface area contributed by atoms with Crippen LogP contribution in [-0.4, -0.2) is 40.0 Å². The second-order valence-corrected chi connectivity index (χ2v) is 4.45. The average Bonchev–Trinajstić information content (AvgIpc) is 2.75. The number of hydrogen-bond donors (Lipinski definition) is 1. The van der Waals surface area contributed by atoms with Crippen LogP contribution >= 0.6 is 0 Å². The third-order valence-electron chi connectivity index (χ3n) is 3.11. The first-order chi connectivity index (χ1) is 8.49. The molecule has 0 saturated carbocycles. The number of benzene rings is 1. The molecule has 1 heterocycles. The van der Waals surface area contributed by atoms with Crippen molar-refractivity contribution in [3.63, 3.8) is 0 Å². The second-order valence-electron chi connectivity index (χ2n) is 4.45. The maximum Gasteiger partial charge on any atom is 0.270 e. The van der Waals surface area contributed by atoms with Crippen LogP contribution in [0.15, 0.2) is 18.2 Å². The molecule has 0 aromatic heterocycles. The number of aryl methyl sites for hydroxylation is 1. The van der Waals surface area contributed by atoms with E-state index >= 15 is 0 Å². The molecule has 1 aliphatic rings. The molecule has 1 atom stereocenters. The summed E-state index contributed by atoms with van der Waals surface area (Å²) in [5.74, 6) is -0.257. The highest BCUT2D eigenvalue weighted by Crippen LogP contribution is 2.21. The topological polar surface area (TPSA) is 83.7 Å². The SMILES string of the molecule is Cc1ccc([N+](=O)[O-])cc1C(=O)N1CC[C@H](O)C1. The van der Waals surface area contributed by atoms with E-state index in [1.807, 2.05) is 0 Å². The normalized spacial score (nSPS) is 19.0. The maximum absolute atomic E-state index is 12.2. The summed E-state index contributed by atoms with van der Waals surface area (Å²) in [6.07, 6.45) is 0.0626. The quantitative estimate of drug-likeness (QED) is 0.629. The van der Waals surface area contributed by atoms with Gasteiger partial charge in [0.2, 0.25) is 0 Å². The Kier molecular flexibility index (Phi) is 3.29. The Balaban J connectivity index is 2.29. The number of aliphatic hydroxyl groups is 1. The van der Waals surface area contributed by atoms with E-state index in [-0.39, 0.29) is 11.6 Å². The van der Waals surface area contributed by atoms with Gasteiger partial charge in [-0.25, -0.2) is 0 Å². The predicted octanol–water partition coefficient (Wildman–Crippen LogP) is 1.11. The lowest BCUT2D eigenvalue weighted by Gasteiger charge is -2.16. The van der Waals surface area contributed by atoms with E-state index < -0.39 is 11.0 Å². The number of rotatable bonds is 2. The zero-order valence-electron chi connectivity index (χ0n) is 10.00. The molecule has 0 aliphatic carbocycles. The van der Waals surface area contributed by atoms with Crippen LogP contribution in [-0.2, 0) is 0 Å². The van der Waals surface area contributed by atoms with Gasteiger partial charge >= 0.3 is 0 Å². The molecule has 1 N–H and O–H groups in total. The monoisotopic (exact) mass is 250 g/mol. The third-order valence-corrected chi connectivity index (χ3v) is 3.11. The minimum Gasteiger partial charge on any atom is -0.391 e. The standard InChI is InChI=1S/C12H14N2O4/c1-8-2-3-9(14(17)18)6-11(8)12(16)13-5-4-10(15)7-13/h2-3,6,10,15H,4-5,7H2,1H3/t10-/m0/s1. The van der Waals surface area contributed by atoms with Crippen molar-refractivity contribution in [3.8, 4) is 0 Å². The molecule has 0 radical (unpaired) electrons. The van der Waals surface area contributed by atoms with Gasteiger partial charge in [-0.05, 0) is 18.9 Å². The molecule has 1 aliphatic heterocycles. The Bertz CT molecular complexity index is 501. The Morgan fingerprint density at radius 1 is 1.56 bits per heavy atom. The first kappa shape index (κ1) is 12.5. The van der Waals surface area contributed by atoms with Gasteiger partial charge in [0.05, 0.1) is 11.0 Å². The lowest BCUT2D eigenvalue weighted by atomic mass is 10.1. The largest absolute Gasteiger partial charge is 0.391 e. The van der Waals surface area contributed by atoms with Gasteiger partial charge in [0.25, 0.3) is 11.6 Å². The van der Waals surface area contributed by atoms with E-state index in [9.17, 15) is 20.0 Å². The number of non-ortho nitro benzene ring substituents is 1. The number of aliphatic hydroxyl groups excluding tert-OH is 1. The fourth-order valence-corrected chi connectivity index (χ4v) is 2.05. The lowest BCUT2D eigenvalue weighted by molar-refractivity contribution is -0.384. The van der Waals surface area contributed by atoms with Gasteiger partial charge in [-0.3, -0.25) is 14.9 Å². The highest BCUT2D eigenvalue weighted by Gasteiger charge is 2.27. The van der Waals surface area contributed by atoms with Crippen molar-refractivity contribution in [2.75, 3.05) is 13.1 Å².